The standard InChI is InChI=1S/C13H10F3N5/c1-20-11(2-3-18-20)13-10(17)6-21(19-13)12-5-8(15)7(14)4-9(12)16/h2-6H,17H2,1H3. The number of aryl methyl sites for hydroxylation is 1. The maximum atomic E-state index is 13.8. The molecule has 8 heteroatoms. The summed E-state index contributed by atoms with van der Waals surface area (Å²) in [7, 11) is 1.70. The van der Waals surface area contributed by atoms with Crippen LogP contribution >= 0.6 is 0 Å². The number of halogens is 3. The zero-order chi connectivity index (χ0) is 15.1. The Bertz CT molecular complexity index is 821. The number of benzene rings is 1. The lowest BCUT2D eigenvalue weighted by Crippen LogP contribution is -2.02. The van der Waals surface area contributed by atoms with E-state index in [0.717, 1.165) is 10.7 Å². The molecule has 1 aromatic carbocycles. The lowest BCUT2D eigenvalue weighted by molar-refractivity contribution is 0.491. The first kappa shape index (κ1) is 13.2. The number of rotatable bonds is 2. The molecule has 0 atom stereocenters. The van der Waals surface area contributed by atoms with Gasteiger partial charge in [-0.1, -0.05) is 0 Å². The quantitative estimate of drug-likeness (QED) is 0.737. The molecule has 0 aliphatic carbocycles. The molecular formula is C13H10F3N5. The van der Waals surface area contributed by atoms with E-state index in [1.807, 2.05) is 0 Å². The van der Waals surface area contributed by atoms with Gasteiger partial charge in [0.2, 0.25) is 0 Å². The highest BCUT2D eigenvalue weighted by Gasteiger charge is 2.16. The molecule has 0 amide bonds. The Hall–Kier alpha value is -2.77. The van der Waals surface area contributed by atoms with E-state index >= 15 is 0 Å². The van der Waals surface area contributed by atoms with Crippen molar-refractivity contribution in [2.24, 2.45) is 7.05 Å². The van der Waals surface area contributed by atoms with Crippen LogP contribution in [0, 0.1) is 17.5 Å². The second kappa shape index (κ2) is 4.65. The van der Waals surface area contributed by atoms with Crippen LogP contribution in [0.2, 0.25) is 0 Å². The van der Waals surface area contributed by atoms with Gasteiger partial charge in [-0.2, -0.15) is 10.2 Å². The third-order valence-corrected chi connectivity index (χ3v) is 3.04. The first-order chi connectivity index (χ1) is 9.97. The molecule has 0 unspecified atom stereocenters. The minimum atomic E-state index is -1.26. The highest BCUT2D eigenvalue weighted by Crippen LogP contribution is 2.26. The molecule has 0 saturated carbocycles. The number of hydrogen-bond acceptors (Lipinski definition) is 3. The van der Waals surface area contributed by atoms with Crippen LogP contribution in [0.25, 0.3) is 17.1 Å². The molecule has 108 valence electrons. The highest BCUT2D eigenvalue weighted by atomic mass is 19.2. The Morgan fingerprint density at radius 3 is 2.48 bits per heavy atom. The minimum Gasteiger partial charge on any atom is -0.396 e. The van der Waals surface area contributed by atoms with E-state index in [1.165, 1.54) is 6.20 Å². The van der Waals surface area contributed by atoms with Crippen LogP contribution in [-0.4, -0.2) is 19.6 Å². The van der Waals surface area contributed by atoms with E-state index < -0.39 is 17.5 Å². The van der Waals surface area contributed by atoms with Crippen LogP contribution < -0.4 is 5.73 Å². The molecule has 2 N–H and O–H groups in total. The van der Waals surface area contributed by atoms with E-state index in [-0.39, 0.29) is 11.4 Å². The Labute approximate surface area is 117 Å². The van der Waals surface area contributed by atoms with Gasteiger partial charge in [-0.15, -0.1) is 0 Å². The fraction of sp³-hybridized carbons (Fsp3) is 0.0769. The lowest BCUT2D eigenvalue weighted by Gasteiger charge is -2.04. The Morgan fingerprint density at radius 2 is 1.81 bits per heavy atom. The van der Waals surface area contributed by atoms with Crippen LogP contribution in [0.4, 0.5) is 18.9 Å². The Morgan fingerprint density at radius 1 is 1.10 bits per heavy atom. The molecule has 2 aromatic heterocycles. The number of hydrogen-bond donors (Lipinski definition) is 1. The summed E-state index contributed by atoms with van der Waals surface area (Å²) in [5, 5.41) is 8.10. The molecule has 0 spiro atoms. The second-order valence-electron chi connectivity index (χ2n) is 4.44. The van der Waals surface area contributed by atoms with Crippen LogP contribution in [0.15, 0.2) is 30.6 Å². The molecule has 2 heterocycles. The van der Waals surface area contributed by atoms with Crippen molar-refractivity contribution >= 4 is 5.69 Å². The molecule has 0 fully saturated rings. The zero-order valence-electron chi connectivity index (χ0n) is 10.9. The van der Waals surface area contributed by atoms with Gasteiger partial charge in [0.15, 0.2) is 17.5 Å². The van der Waals surface area contributed by atoms with Gasteiger partial charge in [-0.05, 0) is 6.07 Å². The van der Waals surface area contributed by atoms with Gasteiger partial charge in [0.05, 0.1) is 17.6 Å². The molecular weight excluding hydrogens is 283 g/mol. The molecule has 0 bridgehead atoms. The predicted molar refractivity (Wildman–Crippen MR) is 70.1 cm³/mol. The van der Waals surface area contributed by atoms with Gasteiger partial charge in [0, 0.05) is 25.4 Å². The van der Waals surface area contributed by atoms with Crippen LogP contribution in [0.5, 0.6) is 0 Å². The summed E-state index contributed by atoms with van der Waals surface area (Å²) in [6, 6.07) is 2.88. The van der Waals surface area contributed by atoms with Crippen molar-refractivity contribution in [3.05, 3.63) is 48.0 Å². The summed E-state index contributed by atoms with van der Waals surface area (Å²) < 4.78 is 42.6. The van der Waals surface area contributed by atoms with Crippen molar-refractivity contribution in [3.8, 4) is 17.1 Å². The number of anilines is 1. The normalized spacial score (nSPS) is 11.0. The highest BCUT2D eigenvalue weighted by molar-refractivity contribution is 5.69. The van der Waals surface area contributed by atoms with Crippen molar-refractivity contribution in [2.75, 3.05) is 5.73 Å². The lowest BCUT2D eigenvalue weighted by atomic mass is 10.3. The third kappa shape index (κ3) is 2.14. The van der Waals surface area contributed by atoms with Gasteiger partial charge >= 0.3 is 0 Å². The molecule has 0 aliphatic rings. The van der Waals surface area contributed by atoms with Crippen LogP contribution in [0.1, 0.15) is 0 Å². The average Bonchev–Trinajstić information content (AvgIpc) is 3.00. The largest absolute Gasteiger partial charge is 0.396 e. The van der Waals surface area contributed by atoms with Crippen molar-refractivity contribution < 1.29 is 13.2 Å². The second-order valence-corrected chi connectivity index (χ2v) is 4.44. The number of nitrogens with two attached hydrogens (primary N) is 1. The smallest absolute Gasteiger partial charge is 0.161 e. The fourth-order valence-electron chi connectivity index (χ4n) is 2.00. The monoisotopic (exact) mass is 293 g/mol. The number of nitrogen functional groups attached to an aromatic ring is 1. The summed E-state index contributed by atoms with van der Waals surface area (Å²) in [4.78, 5) is 0. The van der Waals surface area contributed by atoms with Gasteiger partial charge in [0.25, 0.3) is 0 Å². The Balaban J connectivity index is 2.14. The minimum absolute atomic E-state index is 0.228. The summed E-state index contributed by atoms with van der Waals surface area (Å²) in [6.07, 6.45) is 2.89. The van der Waals surface area contributed by atoms with E-state index in [2.05, 4.69) is 10.2 Å². The maximum absolute atomic E-state index is 13.8. The molecule has 0 saturated heterocycles. The van der Waals surface area contributed by atoms with E-state index in [4.69, 9.17) is 5.73 Å². The van der Waals surface area contributed by atoms with Crippen molar-refractivity contribution in [3.63, 3.8) is 0 Å². The molecule has 5 nitrogen and oxygen atoms in total. The van der Waals surface area contributed by atoms with E-state index in [1.54, 1.807) is 24.0 Å². The van der Waals surface area contributed by atoms with Crippen molar-refractivity contribution in [2.45, 2.75) is 0 Å². The van der Waals surface area contributed by atoms with E-state index in [0.29, 0.717) is 17.5 Å². The third-order valence-electron chi connectivity index (χ3n) is 3.04. The number of nitrogens with zero attached hydrogens (tertiary/aromatic N) is 4. The van der Waals surface area contributed by atoms with Crippen molar-refractivity contribution in [1.29, 1.82) is 0 Å². The van der Waals surface area contributed by atoms with Crippen LogP contribution in [-0.2, 0) is 7.05 Å². The van der Waals surface area contributed by atoms with Crippen LogP contribution in [0.3, 0.4) is 0 Å². The average molecular weight is 293 g/mol. The predicted octanol–water partition coefficient (Wildman–Crippen LogP) is 2.27. The topological polar surface area (TPSA) is 61.7 Å². The first-order valence-electron chi connectivity index (χ1n) is 5.96. The molecule has 0 aliphatic heterocycles. The summed E-state index contributed by atoms with van der Waals surface area (Å²) in [5.41, 5.74) is 6.87. The SMILES string of the molecule is Cn1nccc1-c1nn(-c2cc(F)c(F)cc2F)cc1N. The summed E-state index contributed by atoms with van der Waals surface area (Å²) >= 11 is 0. The van der Waals surface area contributed by atoms with Gasteiger partial charge < -0.3 is 5.73 Å². The van der Waals surface area contributed by atoms with Crippen molar-refractivity contribution in [1.82, 2.24) is 19.6 Å². The zero-order valence-corrected chi connectivity index (χ0v) is 10.9. The molecule has 3 aromatic rings. The summed E-state index contributed by atoms with van der Waals surface area (Å²) in [5.74, 6) is -3.36. The first-order valence-corrected chi connectivity index (χ1v) is 5.96. The van der Waals surface area contributed by atoms with Gasteiger partial charge in [-0.25, -0.2) is 17.9 Å². The van der Waals surface area contributed by atoms with Gasteiger partial charge in [0.1, 0.15) is 11.4 Å². The molecule has 21 heavy (non-hydrogen) atoms. The van der Waals surface area contributed by atoms with E-state index in [9.17, 15) is 13.2 Å². The van der Waals surface area contributed by atoms with Gasteiger partial charge in [-0.3, -0.25) is 4.68 Å². The number of aromatic nitrogens is 4. The molecule has 0 radical (unpaired) electrons. The fourth-order valence-corrected chi connectivity index (χ4v) is 2.00. The Kier molecular flexibility index (Phi) is 2.93. The maximum Gasteiger partial charge on any atom is 0.161 e. The summed E-state index contributed by atoms with van der Waals surface area (Å²) in [6.45, 7) is 0. The molecule has 3 rings (SSSR count).